The molecule has 0 fully saturated rings. The van der Waals surface area contributed by atoms with Crippen molar-refractivity contribution in [3.8, 4) is 0 Å². The molecule has 0 atom stereocenters. The topological polar surface area (TPSA) is 92.1 Å². The molecule has 1 aromatic rings. The third-order valence-corrected chi connectivity index (χ3v) is 3.91. The number of H-pyrrole nitrogens is 1. The average Bonchev–Trinajstić information content (AvgIpc) is 2.61. The Morgan fingerprint density at radius 2 is 2.27 bits per heavy atom. The van der Waals surface area contributed by atoms with E-state index in [9.17, 15) is 8.42 Å². The van der Waals surface area contributed by atoms with Crippen LogP contribution in [-0.2, 0) is 10.0 Å². The van der Waals surface area contributed by atoms with Crippen molar-refractivity contribution in [1.29, 1.82) is 0 Å². The van der Waals surface area contributed by atoms with E-state index in [0.717, 1.165) is 0 Å². The van der Waals surface area contributed by atoms with Gasteiger partial charge in [0.1, 0.15) is 5.82 Å². The van der Waals surface area contributed by atoms with Crippen molar-refractivity contribution >= 4 is 10.0 Å². The van der Waals surface area contributed by atoms with Crippen molar-refractivity contribution in [2.24, 2.45) is 5.73 Å². The fourth-order valence-corrected chi connectivity index (χ4v) is 2.69. The van der Waals surface area contributed by atoms with Crippen LogP contribution in [-0.4, -0.2) is 42.3 Å². The molecule has 0 radical (unpaired) electrons. The van der Waals surface area contributed by atoms with Crippen molar-refractivity contribution in [2.75, 3.05) is 19.6 Å². The molecule has 6 nitrogen and oxygen atoms in total. The zero-order valence-corrected chi connectivity index (χ0v) is 9.71. The van der Waals surface area contributed by atoms with Gasteiger partial charge in [-0.25, -0.2) is 13.4 Å². The van der Waals surface area contributed by atoms with Gasteiger partial charge in [0.25, 0.3) is 10.0 Å². The molecule has 0 aliphatic carbocycles. The molecule has 1 heterocycles. The molecule has 0 spiro atoms. The quantitative estimate of drug-likeness (QED) is 0.728. The number of aromatic amines is 1. The third kappa shape index (κ3) is 2.55. The van der Waals surface area contributed by atoms with Crippen LogP contribution in [0.3, 0.4) is 0 Å². The second-order valence-corrected chi connectivity index (χ2v) is 5.02. The summed E-state index contributed by atoms with van der Waals surface area (Å²) in [5.41, 5.74) is 5.35. The number of hydrogen-bond donors (Lipinski definition) is 2. The maximum atomic E-state index is 12.0. The molecule has 3 N–H and O–H groups in total. The van der Waals surface area contributed by atoms with E-state index in [-0.39, 0.29) is 5.03 Å². The Labute approximate surface area is 89.5 Å². The Morgan fingerprint density at radius 3 is 2.67 bits per heavy atom. The molecule has 0 saturated carbocycles. The van der Waals surface area contributed by atoms with Crippen molar-refractivity contribution in [3.05, 3.63) is 12.0 Å². The van der Waals surface area contributed by atoms with Crippen LogP contribution in [0.1, 0.15) is 12.7 Å². The maximum absolute atomic E-state index is 12.0. The molecule has 0 aliphatic heterocycles. The van der Waals surface area contributed by atoms with Gasteiger partial charge in [0.05, 0.1) is 6.20 Å². The average molecular weight is 232 g/mol. The number of aromatic nitrogens is 2. The summed E-state index contributed by atoms with van der Waals surface area (Å²) >= 11 is 0. The number of imidazole rings is 1. The van der Waals surface area contributed by atoms with Crippen LogP contribution in [0.4, 0.5) is 0 Å². The van der Waals surface area contributed by atoms with Crippen molar-refractivity contribution in [2.45, 2.75) is 18.9 Å². The Bertz CT molecular complexity index is 412. The van der Waals surface area contributed by atoms with Crippen LogP contribution in [0.2, 0.25) is 0 Å². The number of nitrogens with zero attached hydrogens (tertiary/aromatic N) is 2. The van der Waals surface area contributed by atoms with Crippen LogP contribution in [0, 0.1) is 6.92 Å². The summed E-state index contributed by atoms with van der Waals surface area (Å²) in [4.78, 5) is 6.58. The second kappa shape index (κ2) is 4.73. The van der Waals surface area contributed by atoms with Gasteiger partial charge in [-0.05, 0) is 6.92 Å². The molecule has 1 aromatic heterocycles. The van der Waals surface area contributed by atoms with E-state index in [0.29, 0.717) is 25.5 Å². The third-order valence-electron chi connectivity index (χ3n) is 2.03. The van der Waals surface area contributed by atoms with Crippen molar-refractivity contribution < 1.29 is 8.42 Å². The molecule has 86 valence electrons. The van der Waals surface area contributed by atoms with Gasteiger partial charge < -0.3 is 10.7 Å². The summed E-state index contributed by atoms with van der Waals surface area (Å²) in [5, 5.41) is 0.121. The van der Waals surface area contributed by atoms with E-state index in [2.05, 4.69) is 9.97 Å². The summed E-state index contributed by atoms with van der Waals surface area (Å²) in [6.07, 6.45) is 1.32. The SMILES string of the molecule is CCN(CCN)S(=O)(=O)c1cnc(C)[nH]1. The highest BCUT2D eigenvalue weighted by Crippen LogP contribution is 2.12. The van der Waals surface area contributed by atoms with Gasteiger partial charge in [-0.3, -0.25) is 0 Å². The maximum Gasteiger partial charge on any atom is 0.260 e. The molecule has 15 heavy (non-hydrogen) atoms. The molecular weight excluding hydrogens is 216 g/mol. The zero-order valence-electron chi connectivity index (χ0n) is 8.90. The van der Waals surface area contributed by atoms with Crippen LogP contribution in [0.15, 0.2) is 11.2 Å². The van der Waals surface area contributed by atoms with Crippen LogP contribution in [0.25, 0.3) is 0 Å². The van der Waals surface area contributed by atoms with E-state index < -0.39 is 10.0 Å². The van der Waals surface area contributed by atoms with Crippen LogP contribution < -0.4 is 5.73 Å². The normalized spacial score (nSPS) is 12.3. The summed E-state index contributed by atoms with van der Waals surface area (Å²) in [6.45, 7) is 4.50. The zero-order chi connectivity index (χ0) is 11.5. The van der Waals surface area contributed by atoms with Crippen LogP contribution in [0.5, 0.6) is 0 Å². The van der Waals surface area contributed by atoms with Gasteiger partial charge in [0.2, 0.25) is 0 Å². The molecule has 0 aromatic carbocycles. The van der Waals surface area contributed by atoms with E-state index >= 15 is 0 Å². The lowest BCUT2D eigenvalue weighted by Crippen LogP contribution is -2.35. The van der Waals surface area contributed by atoms with E-state index in [1.165, 1.54) is 10.5 Å². The fraction of sp³-hybridized carbons (Fsp3) is 0.625. The minimum atomic E-state index is -3.46. The number of likely N-dealkylation sites (N-methyl/N-ethyl adjacent to an activating group) is 1. The number of rotatable bonds is 5. The summed E-state index contributed by atoms with van der Waals surface area (Å²) < 4.78 is 25.3. The Morgan fingerprint density at radius 1 is 1.60 bits per heavy atom. The molecule has 0 aliphatic rings. The summed E-state index contributed by atoms with van der Waals surface area (Å²) in [7, 11) is -3.46. The first kappa shape index (κ1) is 12.2. The first-order valence-corrected chi connectivity index (χ1v) is 6.18. The molecule has 0 saturated heterocycles. The van der Waals surface area contributed by atoms with Gasteiger partial charge in [-0.1, -0.05) is 6.92 Å². The van der Waals surface area contributed by atoms with E-state index in [1.807, 2.05) is 0 Å². The molecule has 0 bridgehead atoms. The van der Waals surface area contributed by atoms with Crippen LogP contribution >= 0.6 is 0 Å². The number of hydrogen-bond acceptors (Lipinski definition) is 4. The number of aryl methyl sites for hydroxylation is 1. The molecule has 0 amide bonds. The Kier molecular flexibility index (Phi) is 3.83. The molecule has 7 heteroatoms. The minimum Gasteiger partial charge on any atom is -0.332 e. The van der Waals surface area contributed by atoms with E-state index in [1.54, 1.807) is 13.8 Å². The van der Waals surface area contributed by atoms with Gasteiger partial charge in [0, 0.05) is 19.6 Å². The number of nitrogens with one attached hydrogen (secondary N) is 1. The minimum absolute atomic E-state index is 0.121. The van der Waals surface area contributed by atoms with Gasteiger partial charge >= 0.3 is 0 Å². The lowest BCUT2D eigenvalue weighted by Gasteiger charge is -2.17. The first-order valence-electron chi connectivity index (χ1n) is 4.74. The number of nitrogens with two attached hydrogens (primary N) is 1. The predicted molar refractivity (Wildman–Crippen MR) is 56.8 cm³/mol. The molecular formula is C8H16N4O2S. The largest absolute Gasteiger partial charge is 0.332 e. The second-order valence-electron chi connectivity index (χ2n) is 3.12. The highest BCUT2D eigenvalue weighted by Gasteiger charge is 2.23. The monoisotopic (exact) mass is 232 g/mol. The molecule has 1 rings (SSSR count). The summed E-state index contributed by atoms with van der Waals surface area (Å²) in [5.74, 6) is 0.581. The first-order chi connectivity index (χ1) is 7.02. The van der Waals surface area contributed by atoms with Crippen molar-refractivity contribution in [1.82, 2.24) is 14.3 Å². The van der Waals surface area contributed by atoms with Gasteiger partial charge in [-0.15, -0.1) is 0 Å². The fourth-order valence-electron chi connectivity index (χ4n) is 1.26. The highest BCUT2D eigenvalue weighted by molar-refractivity contribution is 7.89. The number of sulfonamides is 1. The Balaban J connectivity index is 3.00. The Hall–Kier alpha value is -0.920. The lowest BCUT2D eigenvalue weighted by atomic mass is 10.6. The predicted octanol–water partition coefficient (Wildman–Crippen LogP) is -0.313. The van der Waals surface area contributed by atoms with E-state index in [4.69, 9.17) is 5.73 Å². The van der Waals surface area contributed by atoms with Crippen molar-refractivity contribution in [3.63, 3.8) is 0 Å². The van der Waals surface area contributed by atoms with Gasteiger partial charge in [-0.2, -0.15) is 4.31 Å². The van der Waals surface area contributed by atoms with Gasteiger partial charge in [0.15, 0.2) is 5.03 Å². The standard InChI is InChI=1S/C8H16N4O2S/c1-3-12(5-4-9)15(13,14)8-6-10-7(2)11-8/h6H,3-5,9H2,1-2H3,(H,10,11). The highest BCUT2D eigenvalue weighted by atomic mass is 32.2. The smallest absolute Gasteiger partial charge is 0.260 e. The molecule has 0 unspecified atom stereocenters. The summed E-state index contributed by atoms with van der Waals surface area (Å²) in [6, 6.07) is 0. The lowest BCUT2D eigenvalue weighted by molar-refractivity contribution is 0.433.